The van der Waals surface area contributed by atoms with Crippen LogP contribution in [0, 0.1) is 9.39 Å². The molecule has 2 heterocycles. The first-order valence-electron chi connectivity index (χ1n) is 8.66. The average molecular weight is 498 g/mol. The van der Waals surface area contributed by atoms with Crippen LogP contribution in [0.25, 0.3) is 5.52 Å². The van der Waals surface area contributed by atoms with Crippen molar-refractivity contribution in [1.82, 2.24) is 14.9 Å². The first-order valence-corrected chi connectivity index (χ1v) is 9.74. The summed E-state index contributed by atoms with van der Waals surface area (Å²) in [6.45, 7) is 3.57. The molecule has 0 aliphatic carbocycles. The number of hydroxylamine groups is 1. The summed E-state index contributed by atoms with van der Waals surface area (Å²) in [4.78, 5) is 23.6. The van der Waals surface area contributed by atoms with Gasteiger partial charge in [0.15, 0.2) is 0 Å². The highest BCUT2D eigenvalue weighted by atomic mass is 127. The number of aliphatic hydroxyl groups is 1. The van der Waals surface area contributed by atoms with Crippen LogP contribution in [0.5, 0.6) is 0 Å². The van der Waals surface area contributed by atoms with Gasteiger partial charge in [-0.25, -0.2) is 14.9 Å². The molecular formula is C19H20FIN4O3. The molecule has 3 rings (SSSR count). The quantitative estimate of drug-likeness (QED) is 0.297. The second-order valence-corrected chi connectivity index (χ2v) is 7.57. The number of amides is 1. The molecule has 0 saturated heterocycles. The summed E-state index contributed by atoms with van der Waals surface area (Å²) in [5, 5.41) is 8.84. The minimum absolute atomic E-state index is 0.0337. The summed E-state index contributed by atoms with van der Waals surface area (Å²) in [6, 6.07) is 8.18. The lowest BCUT2D eigenvalue weighted by molar-refractivity contribution is 0.0168. The van der Waals surface area contributed by atoms with Gasteiger partial charge in [0.1, 0.15) is 18.0 Å². The predicted octanol–water partition coefficient (Wildman–Crippen LogP) is 3.28. The molecule has 0 aliphatic rings. The summed E-state index contributed by atoms with van der Waals surface area (Å²) in [6.07, 6.45) is 3.24. The Morgan fingerprint density at radius 2 is 2.18 bits per heavy atom. The van der Waals surface area contributed by atoms with Gasteiger partial charge >= 0.3 is 0 Å². The monoisotopic (exact) mass is 498 g/mol. The van der Waals surface area contributed by atoms with Gasteiger partial charge in [-0.15, -0.1) is 0 Å². The molecule has 0 aliphatic heterocycles. The largest absolute Gasteiger partial charge is 0.394 e. The first kappa shape index (κ1) is 20.5. The molecule has 7 nitrogen and oxygen atoms in total. The number of nitrogens with zero attached hydrogens (tertiary/aromatic N) is 3. The molecule has 0 atom stereocenters. The Labute approximate surface area is 175 Å². The van der Waals surface area contributed by atoms with Crippen molar-refractivity contribution in [2.45, 2.75) is 19.9 Å². The standard InChI is InChI=1S/C19H20FIN4O3/c1-12(2)25(17-6-3-13(21)9-16(17)20)19-15(18(27)23-28-8-7-26)5-4-14-10-22-11-24(14)19/h3-6,9-12,26H,7-8H2,1-2H3,(H,23,27). The number of hydrogen-bond donors (Lipinski definition) is 2. The second kappa shape index (κ2) is 8.84. The van der Waals surface area contributed by atoms with Crippen LogP contribution in [0.4, 0.5) is 15.9 Å². The maximum Gasteiger partial charge on any atom is 0.278 e. The number of pyridine rings is 1. The Bertz CT molecular complexity index is 992. The lowest BCUT2D eigenvalue weighted by Gasteiger charge is -2.31. The summed E-state index contributed by atoms with van der Waals surface area (Å²) >= 11 is 2.05. The molecule has 28 heavy (non-hydrogen) atoms. The smallest absolute Gasteiger partial charge is 0.278 e. The van der Waals surface area contributed by atoms with E-state index in [1.165, 1.54) is 6.07 Å². The average Bonchev–Trinajstić information content (AvgIpc) is 3.12. The van der Waals surface area contributed by atoms with Gasteiger partial charge in [-0.3, -0.25) is 14.0 Å². The minimum atomic E-state index is -0.504. The lowest BCUT2D eigenvalue weighted by atomic mass is 10.1. The number of anilines is 2. The molecule has 1 aromatic carbocycles. The fourth-order valence-corrected chi connectivity index (χ4v) is 3.39. The van der Waals surface area contributed by atoms with E-state index in [2.05, 4.69) is 33.1 Å². The van der Waals surface area contributed by atoms with Crippen LogP contribution in [-0.2, 0) is 4.84 Å². The maximum atomic E-state index is 14.8. The van der Waals surface area contributed by atoms with Crippen molar-refractivity contribution in [2.24, 2.45) is 0 Å². The molecule has 1 amide bonds. The van der Waals surface area contributed by atoms with Gasteiger partial charge in [0.05, 0.1) is 36.2 Å². The van der Waals surface area contributed by atoms with Crippen molar-refractivity contribution in [3.8, 4) is 0 Å². The van der Waals surface area contributed by atoms with Crippen LogP contribution < -0.4 is 10.4 Å². The number of imidazole rings is 1. The molecule has 0 radical (unpaired) electrons. The van der Waals surface area contributed by atoms with E-state index in [0.29, 0.717) is 11.5 Å². The van der Waals surface area contributed by atoms with Crippen molar-refractivity contribution < 1.29 is 19.1 Å². The molecule has 2 N–H and O–H groups in total. The minimum Gasteiger partial charge on any atom is -0.394 e. The summed E-state index contributed by atoms with van der Waals surface area (Å²) in [7, 11) is 0. The van der Waals surface area contributed by atoms with Crippen LogP contribution in [0.1, 0.15) is 24.2 Å². The number of benzene rings is 1. The molecule has 0 bridgehead atoms. The zero-order valence-corrected chi connectivity index (χ0v) is 17.6. The van der Waals surface area contributed by atoms with Crippen molar-refractivity contribution >= 4 is 45.5 Å². The topological polar surface area (TPSA) is 79.1 Å². The third kappa shape index (κ3) is 4.10. The highest BCUT2D eigenvalue weighted by molar-refractivity contribution is 14.1. The van der Waals surface area contributed by atoms with E-state index in [1.807, 2.05) is 19.9 Å². The Morgan fingerprint density at radius 1 is 1.39 bits per heavy atom. The third-order valence-electron chi connectivity index (χ3n) is 4.07. The predicted molar refractivity (Wildman–Crippen MR) is 112 cm³/mol. The lowest BCUT2D eigenvalue weighted by Crippen LogP contribution is -2.33. The number of aromatic nitrogens is 2. The zero-order chi connectivity index (χ0) is 20.3. The highest BCUT2D eigenvalue weighted by Crippen LogP contribution is 2.34. The SMILES string of the molecule is CC(C)N(c1ccc(I)cc1F)c1c(C(=O)NOCCO)ccc2cncn12. The first-order chi connectivity index (χ1) is 13.4. The van der Waals surface area contributed by atoms with Gasteiger partial charge < -0.3 is 10.0 Å². The van der Waals surface area contributed by atoms with Gasteiger partial charge in [-0.2, -0.15) is 0 Å². The van der Waals surface area contributed by atoms with E-state index in [4.69, 9.17) is 9.94 Å². The fourth-order valence-electron chi connectivity index (χ4n) is 2.93. The summed E-state index contributed by atoms with van der Waals surface area (Å²) < 4.78 is 17.3. The van der Waals surface area contributed by atoms with Crippen LogP contribution >= 0.6 is 22.6 Å². The van der Waals surface area contributed by atoms with Gasteiger partial charge in [0, 0.05) is 9.61 Å². The molecule has 3 aromatic rings. The molecule has 0 unspecified atom stereocenters. The van der Waals surface area contributed by atoms with Crippen molar-refractivity contribution in [3.05, 3.63) is 57.8 Å². The Morgan fingerprint density at radius 3 is 2.86 bits per heavy atom. The molecular weight excluding hydrogens is 478 g/mol. The molecule has 2 aromatic heterocycles. The van der Waals surface area contributed by atoms with E-state index >= 15 is 0 Å². The van der Waals surface area contributed by atoms with Crippen LogP contribution in [0.15, 0.2) is 42.9 Å². The molecule has 0 fully saturated rings. The number of halogens is 2. The van der Waals surface area contributed by atoms with Crippen LogP contribution in [-0.4, -0.2) is 39.7 Å². The van der Waals surface area contributed by atoms with Gasteiger partial charge in [0.25, 0.3) is 5.91 Å². The number of carbonyl (C=O) groups excluding carboxylic acids is 1. The van der Waals surface area contributed by atoms with E-state index in [-0.39, 0.29) is 30.6 Å². The third-order valence-corrected chi connectivity index (χ3v) is 4.74. The van der Waals surface area contributed by atoms with Gasteiger partial charge in [-0.1, -0.05) is 0 Å². The Balaban J connectivity index is 2.18. The van der Waals surface area contributed by atoms with E-state index < -0.39 is 5.91 Å². The second-order valence-electron chi connectivity index (χ2n) is 6.32. The van der Waals surface area contributed by atoms with Crippen LogP contribution in [0.2, 0.25) is 0 Å². The highest BCUT2D eigenvalue weighted by Gasteiger charge is 2.25. The number of rotatable bonds is 7. The Kier molecular flexibility index (Phi) is 6.47. The normalized spacial score (nSPS) is 11.2. The molecule has 0 spiro atoms. The maximum absolute atomic E-state index is 14.8. The summed E-state index contributed by atoms with van der Waals surface area (Å²) in [5.41, 5.74) is 3.71. The zero-order valence-electron chi connectivity index (χ0n) is 15.4. The van der Waals surface area contributed by atoms with Gasteiger partial charge in [0.2, 0.25) is 0 Å². The number of carbonyl (C=O) groups is 1. The summed E-state index contributed by atoms with van der Waals surface area (Å²) in [5.74, 6) is -0.425. The Hall–Kier alpha value is -2.24. The number of aliphatic hydroxyl groups excluding tert-OH is 1. The van der Waals surface area contributed by atoms with E-state index in [0.717, 1.165) is 9.09 Å². The van der Waals surface area contributed by atoms with E-state index in [1.54, 1.807) is 40.0 Å². The number of fused-ring (bicyclic) bond motifs is 1. The van der Waals surface area contributed by atoms with Crippen molar-refractivity contribution in [1.29, 1.82) is 0 Å². The fraction of sp³-hybridized carbons (Fsp3) is 0.263. The molecule has 9 heteroatoms. The van der Waals surface area contributed by atoms with Gasteiger partial charge in [-0.05, 0) is 66.8 Å². The molecule has 148 valence electrons. The van der Waals surface area contributed by atoms with Crippen LogP contribution in [0.3, 0.4) is 0 Å². The number of hydrogen-bond acceptors (Lipinski definition) is 5. The van der Waals surface area contributed by atoms with E-state index in [9.17, 15) is 9.18 Å². The van der Waals surface area contributed by atoms with Crippen molar-refractivity contribution in [2.75, 3.05) is 18.1 Å². The van der Waals surface area contributed by atoms with Crippen molar-refractivity contribution in [3.63, 3.8) is 0 Å². The number of nitrogens with one attached hydrogen (secondary N) is 1. The molecule has 0 saturated carbocycles.